The lowest BCUT2D eigenvalue weighted by Gasteiger charge is -2.28. The summed E-state index contributed by atoms with van der Waals surface area (Å²) >= 11 is 0. The van der Waals surface area contributed by atoms with E-state index in [1.165, 1.54) is 118 Å². The lowest BCUT2D eigenvalue weighted by atomic mass is 9.85. The molecule has 10 rings (SSSR count). The molecule has 1 heteroatoms. The van der Waals surface area contributed by atoms with Gasteiger partial charge in [-0.2, -0.15) is 0 Å². The zero-order valence-electron chi connectivity index (χ0n) is 49.9. The van der Waals surface area contributed by atoms with Gasteiger partial charge in [-0.15, -0.1) is 13.2 Å². The number of hydrogen-bond donors (Lipinski definition) is 0. The fourth-order valence-corrected chi connectivity index (χ4v) is 11.1. The van der Waals surface area contributed by atoms with Crippen molar-refractivity contribution in [2.75, 3.05) is 4.90 Å². The Balaban J connectivity index is 0.000000712. The molecule has 408 valence electrons. The van der Waals surface area contributed by atoms with Gasteiger partial charge in [-0.25, -0.2) is 0 Å². The molecule has 1 aliphatic rings. The number of allylic oxidation sites excluding steroid dienone is 7. The zero-order valence-corrected chi connectivity index (χ0v) is 49.9. The van der Waals surface area contributed by atoms with Crippen LogP contribution in [0.1, 0.15) is 97.0 Å². The van der Waals surface area contributed by atoms with E-state index >= 15 is 0 Å². The molecule has 0 N–H and O–H groups in total. The Bertz CT molecular complexity index is 3670. The minimum atomic E-state index is 0.990. The van der Waals surface area contributed by atoms with E-state index in [1.807, 2.05) is 18.2 Å². The molecular formula is C80H83N. The van der Waals surface area contributed by atoms with Gasteiger partial charge in [0, 0.05) is 17.1 Å². The molecule has 0 unspecified atom stereocenters. The summed E-state index contributed by atoms with van der Waals surface area (Å²) in [6, 6.07) is 72.8. The Morgan fingerprint density at radius 3 is 1.57 bits per heavy atom. The van der Waals surface area contributed by atoms with Gasteiger partial charge in [0.25, 0.3) is 0 Å². The lowest BCUT2D eigenvalue weighted by molar-refractivity contribution is 0.885. The van der Waals surface area contributed by atoms with E-state index in [4.69, 9.17) is 0 Å². The van der Waals surface area contributed by atoms with Crippen LogP contribution < -0.4 is 4.90 Å². The Morgan fingerprint density at radius 2 is 0.988 bits per heavy atom. The second kappa shape index (κ2) is 29.4. The highest BCUT2D eigenvalue weighted by molar-refractivity contribution is 5.94. The maximum atomic E-state index is 4.23. The summed E-state index contributed by atoms with van der Waals surface area (Å²) in [5.74, 6) is 0. The first-order valence-corrected chi connectivity index (χ1v) is 28.9. The molecule has 81 heavy (non-hydrogen) atoms. The lowest BCUT2D eigenvalue weighted by Crippen LogP contribution is -2.15. The first kappa shape index (κ1) is 59.9. The molecule has 1 nitrogen and oxygen atoms in total. The average Bonchev–Trinajstić information content (AvgIpc) is 4.07. The summed E-state index contributed by atoms with van der Waals surface area (Å²) in [4.78, 5) is 2.38. The number of hydrogen-bond acceptors (Lipinski definition) is 1. The van der Waals surface area contributed by atoms with Crippen LogP contribution >= 0.6 is 0 Å². The van der Waals surface area contributed by atoms with Crippen LogP contribution in [0.4, 0.5) is 11.4 Å². The van der Waals surface area contributed by atoms with Crippen LogP contribution in [0, 0.1) is 41.5 Å². The minimum absolute atomic E-state index is 0.990. The molecule has 0 heterocycles. The van der Waals surface area contributed by atoms with E-state index < -0.39 is 0 Å². The molecule has 0 spiro atoms. The quantitative estimate of drug-likeness (QED) is 0.0775. The van der Waals surface area contributed by atoms with Crippen molar-refractivity contribution in [3.05, 3.63) is 312 Å². The summed E-state index contributed by atoms with van der Waals surface area (Å²) in [5, 5.41) is 0. The molecule has 0 saturated heterocycles. The highest BCUT2D eigenvalue weighted by Crippen LogP contribution is 2.46. The topological polar surface area (TPSA) is 3.24 Å². The van der Waals surface area contributed by atoms with Crippen LogP contribution in [-0.2, 0) is 6.42 Å². The molecule has 1 aliphatic carbocycles. The van der Waals surface area contributed by atoms with Gasteiger partial charge in [-0.1, -0.05) is 252 Å². The number of benzene rings is 9. The molecule has 9 aromatic carbocycles. The molecular weight excluding hydrogens is 975 g/mol. The number of fused-ring (bicyclic) bond motifs is 1. The number of rotatable bonds is 14. The number of aryl methyl sites for hydroxylation is 6. The van der Waals surface area contributed by atoms with Gasteiger partial charge in [0.1, 0.15) is 0 Å². The van der Waals surface area contributed by atoms with Crippen molar-refractivity contribution in [2.24, 2.45) is 0 Å². The third-order valence-electron chi connectivity index (χ3n) is 14.8. The standard InChI is InChI=1S/C68H63N.C7H8.C3H8.C2H4/c1-9-21-53-45-66-64(58(53)11-3)33-20-34-65(66)68-48(6)25-18-32-63(68)54-37-41-59(49(7)43-54)60-42-40-57(44-50(60)8)69(55(22-10-2)29-19-28-51-26-13-12-14-27-51)56-38-35-52(36-39-56)62-31-17-24-47(5)67(62)61-30-16-15-23-46(61)4;1-7-5-3-2-4-6-7;1-3-2;1-2/h10-20,22-44H,3,9,21,45H2,1-2,4-8H3;2-6H,1H3;3H2,1-2H3;1-2H2/b22-10-,28-19+,55-29+;;;. The highest BCUT2D eigenvalue weighted by atomic mass is 15.1. The monoisotopic (exact) mass is 1060 g/mol. The maximum Gasteiger partial charge on any atom is 0.0464 e. The smallest absolute Gasteiger partial charge is 0.0464 e. The second-order valence-electron chi connectivity index (χ2n) is 20.9. The van der Waals surface area contributed by atoms with E-state index in [1.54, 1.807) is 0 Å². The van der Waals surface area contributed by atoms with E-state index in [0.717, 1.165) is 41.9 Å². The van der Waals surface area contributed by atoms with Crippen molar-refractivity contribution in [1.82, 2.24) is 0 Å². The Kier molecular flexibility index (Phi) is 21.8. The first-order chi connectivity index (χ1) is 39.5. The molecule has 9 aromatic rings. The third kappa shape index (κ3) is 14.3. The summed E-state index contributed by atoms with van der Waals surface area (Å²) in [5.41, 5.74) is 30.3. The normalized spacial score (nSPS) is 11.8. The molecule has 0 aliphatic heterocycles. The molecule has 0 saturated carbocycles. The third-order valence-corrected chi connectivity index (χ3v) is 14.8. The van der Waals surface area contributed by atoms with Crippen molar-refractivity contribution in [2.45, 2.75) is 94.9 Å². The van der Waals surface area contributed by atoms with Crippen LogP contribution in [0.25, 0.3) is 67.3 Å². The molecule has 0 aromatic heterocycles. The summed E-state index contributed by atoms with van der Waals surface area (Å²) in [6.45, 7) is 32.1. The minimum Gasteiger partial charge on any atom is -0.311 e. The van der Waals surface area contributed by atoms with Crippen LogP contribution in [0.3, 0.4) is 0 Å². The molecule has 0 amide bonds. The van der Waals surface area contributed by atoms with Gasteiger partial charge in [0.05, 0.1) is 0 Å². The SMILES string of the molecule is C=C.C=CC1=C(CCC)Cc2c1cccc2-c1c(C)cccc1-c1ccc(-c2ccc(N(C(/C=C\C)=C/C=C/c3ccccc3)c3ccc(-c4cccc(C)c4-c4ccccc4C)cc3)cc2C)c(C)c1.CCC.Cc1ccccc1. The number of anilines is 2. The van der Waals surface area contributed by atoms with Crippen molar-refractivity contribution in [3.8, 4) is 55.6 Å². The molecule has 0 bridgehead atoms. The largest absolute Gasteiger partial charge is 0.311 e. The van der Waals surface area contributed by atoms with Crippen LogP contribution in [0.5, 0.6) is 0 Å². The highest BCUT2D eigenvalue weighted by Gasteiger charge is 2.25. The van der Waals surface area contributed by atoms with E-state index in [0.29, 0.717) is 0 Å². The molecule has 0 atom stereocenters. The predicted octanol–water partition coefficient (Wildman–Crippen LogP) is 23.4. The Hall–Kier alpha value is -8.78. The van der Waals surface area contributed by atoms with Gasteiger partial charge in [-0.3, -0.25) is 0 Å². The van der Waals surface area contributed by atoms with Gasteiger partial charge in [0.2, 0.25) is 0 Å². The van der Waals surface area contributed by atoms with E-state index in [2.05, 4.69) is 312 Å². The van der Waals surface area contributed by atoms with E-state index in [9.17, 15) is 0 Å². The molecule has 0 radical (unpaired) electrons. The molecule has 0 fully saturated rings. The van der Waals surface area contributed by atoms with Crippen LogP contribution in [0.2, 0.25) is 0 Å². The first-order valence-electron chi connectivity index (χ1n) is 28.9. The van der Waals surface area contributed by atoms with Crippen LogP contribution in [0.15, 0.2) is 262 Å². The Labute approximate surface area is 487 Å². The van der Waals surface area contributed by atoms with Crippen LogP contribution in [-0.4, -0.2) is 0 Å². The van der Waals surface area contributed by atoms with Crippen molar-refractivity contribution in [1.29, 1.82) is 0 Å². The Morgan fingerprint density at radius 1 is 0.481 bits per heavy atom. The van der Waals surface area contributed by atoms with Crippen molar-refractivity contribution < 1.29 is 0 Å². The average molecular weight is 1060 g/mol. The zero-order chi connectivity index (χ0) is 57.8. The fraction of sp³-hybridized carbons (Fsp3) is 0.175. The van der Waals surface area contributed by atoms with Gasteiger partial charge < -0.3 is 4.90 Å². The van der Waals surface area contributed by atoms with Crippen molar-refractivity contribution in [3.63, 3.8) is 0 Å². The predicted molar refractivity (Wildman–Crippen MR) is 358 cm³/mol. The van der Waals surface area contributed by atoms with Gasteiger partial charge in [0.15, 0.2) is 0 Å². The second-order valence-corrected chi connectivity index (χ2v) is 20.9. The van der Waals surface area contributed by atoms with Gasteiger partial charge in [-0.05, 0) is 203 Å². The summed E-state index contributed by atoms with van der Waals surface area (Å²) in [7, 11) is 0. The number of nitrogens with zero attached hydrogens (tertiary/aromatic N) is 1. The summed E-state index contributed by atoms with van der Waals surface area (Å²) in [6.07, 6.45) is 17.4. The fourth-order valence-electron chi connectivity index (χ4n) is 11.1. The maximum absolute atomic E-state index is 4.23. The van der Waals surface area contributed by atoms with Crippen molar-refractivity contribution >= 4 is 23.0 Å². The van der Waals surface area contributed by atoms with E-state index in [-0.39, 0.29) is 0 Å². The summed E-state index contributed by atoms with van der Waals surface area (Å²) < 4.78 is 0. The van der Waals surface area contributed by atoms with Gasteiger partial charge >= 0.3 is 0 Å².